The van der Waals surface area contributed by atoms with E-state index in [1.54, 1.807) is 0 Å². The molecule has 0 bridgehead atoms. The van der Waals surface area contributed by atoms with E-state index in [4.69, 9.17) is 19.5 Å². The summed E-state index contributed by atoms with van der Waals surface area (Å²) in [4.78, 5) is 2.39. The molecular weight excluding hydrogens is 341 g/mol. The standard InChI is InChI=1S/C20H32BN3O3/c1-15(22)17-7-6-16(21-26-19(2,3)20(4,5)27-21)14-18(17)23-8-9-24-10-12-25-13-11-24/h6-7,14,22-23H,8-13H2,1-5H3. The third kappa shape index (κ3) is 4.54. The van der Waals surface area contributed by atoms with E-state index in [0.717, 1.165) is 56.1 Å². The maximum absolute atomic E-state index is 8.08. The maximum Gasteiger partial charge on any atom is 0.494 e. The lowest BCUT2D eigenvalue weighted by Crippen LogP contribution is -2.41. The van der Waals surface area contributed by atoms with Gasteiger partial charge in [-0.15, -0.1) is 0 Å². The molecule has 148 valence electrons. The summed E-state index contributed by atoms with van der Waals surface area (Å²) in [5, 5.41) is 11.6. The van der Waals surface area contributed by atoms with Gasteiger partial charge in [0.15, 0.2) is 0 Å². The third-order valence-corrected chi connectivity index (χ3v) is 5.82. The summed E-state index contributed by atoms with van der Waals surface area (Å²) < 4.78 is 17.8. The fourth-order valence-corrected chi connectivity index (χ4v) is 3.33. The summed E-state index contributed by atoms with van der Waals surface area (Å²) in [5.74, 6) is 0. The summed E-state index contributed by atoms with van der Waals surface area (Å²) in [6.07, 6.45) is 0. The molecule has 0 saturated carbocycles. The van der Waals surface area contributed by atoms with Crippen LogP contribution in [-0.2, 0) is 14.0 Å². The highest BCUT2D eigenvalue weighted by molar-refractivity contribution is 6.62. The second kappa shape index (κ2) is 7.91. The van der Waals surface area contributed by atoms with Gasteiger partial charge in [-0.3, -0.25) is 4.90 Å². The monoisotopic (exact) mass is 373 g/mol. The Hall–Kier alpha value is -1.41. The smallest absolute Gasteiger partial charge is 0.399 e. The van der Waals surface area contributed by atoms with Gasteiger partial charge in [0.25, 0.3) is 0 Å². The van der Waals surface area contributed by atoms with Gasteiger partial charge in [0, 0.05) is 43.1 Å². The van der Waals surface area contributed by atoms with E-state index in [1.807, 2.05) is 19.1 Å². The number of nitrogens with zero attached hydrogens (tertiary/aromatic N) is 1. The van der Waals surface area contributed by atoms with E-state index >= 15 is 0 Å². The Balaban J connectivity index is 1.72. The van der Waals surface area contributed by atoms with Gasteiger partial charge in [0.1, 0.15) is 0 Å². The van der Waals surface area contributed by atoms with E-state index in [-0.39, 0.29) is 11.2 Å². The van der Waals surface area contributed by atoms with Gasteiger partial charge in [-0.1, -0.05) is 12.1 Å². The van der Waals surface area contributed by atoms with Crippen LogP contribution in [0.3, 0.4) is 0 Å². The van der Waals surface area contributed by atoms with Crippen LogP contribution >= 0.6 is 0 Å². The van der Waals surface area contributed by atoms with Crippen molar-refractivity contribution in [2.45, 2.75) is 45.8 Å². The Morgan fingerprint density at radius 1 is 1.15 bits per heavy atom. The van der Waals surface area contributed by atoms with Crippen molar-refractivity contribution in [3.63, 3.8) is 0 Å². The van der Waals surface area contributed by atoms with E-state index in [0.29, 0.717) is 5.71 Å². The number of hydrogen-bond donors (Lipinski definition) is 2. The summed E-state index contributed by atoms with van der Waals surface area (Å²) in [6.45, 7) is 15.4. The molecular formula is C20H32BN3O3. The lowest BCUT2D eigenvalue weighted by Gasteiger charge is -2.32. The number of rotatable bonds is 6. The molecule has 0 atom stereocenters. The van der Waals surface area contributed by atoms with Crippen LogP contribution in [0.5, 0.6) is 0 Å². The van der Waals surface area contributed by atoms with Crippen LogP contribution in [0.15, 0.2) is 18.2 Å². The highest BCUT2D eigenvalue weighted by Gasteiger charge is 2.51. The molecule has 0 aromatic heterocycles. The third-order valence-electron chi connectivity index (χ3n) is 5.82. The molecule has 2 aliphatic heterocycles. The first-order chi connectivity index (χ1) is 12.7. The Labute approximate surface area is 163 Å². The molecule has 3 rings (SSSR count). The number of morpholine rings is 1. The molecule has 2 aliphatic rings. The lowest BCUT2D eigenvalue weighted by atomic mass is 9.78. The summed E-state index contributed by atoms with van der Waals surface area (Å²) >= 11 is 0. The van der Waals surface area contributed by atoms with Gasteiger partial charge in [-0.05, 0) is 46.1 Å². The minimum Gasteiger partial charge on any atom is -0.399 e. The predicted molar refractivity (Wildman–Crippen MR) is 110 cm³/mol. The summed E-state index contributed by atoms with van der Waals surface area (Å²) in [5.41, 5.74) is 2.67. The molecule has 2 fully saturated rings. The highest BCUT2D eigenvalue weighted by atomic mass is 16.7. The average Bonchev–Trinajstić information content (AvgIpc) is 2.83. The minimum atomic E-state index is -0.394. The van der Waals surface area contributed by atoms with Crippen molar-refractivity contribution in [1.29, 1.82) is 5.41 Å². The van der Waals surface area contributed by atoms with Crippen LogP contribution in [0.4, 0.5) is 5.69 Å². The van der Waals surface area contributed by atoms with Crippen LogP contribution in [0.1, 0.15) is 40.2 Å². The van der Waals surface area contributed by atoms with E-state index < -0.39 is 7.12 Å². The zero-order valence-electron chi connectivity index (χ0n) is 17.2. The van der Waals surface area contributed by atoms with Crippen molar-refractivity contribution in [3.05, 3.63) is 23.8 Å². The number of anilines is 1. The number of ether oxygens (including phenoxy) is 1. The first kappa shape index (κ1) is 20.3. The molecule has 7 heteroatoms. The molecule has 2 saturated heterocycles. The molecule has 27 heavy (non-hydrogen) atoms. The minimum absolute atomic E-state index is 0.363. The fraction of sp³-hybridized carbons (Fsp3) is 0.650. The molecule has 6 nitrogen and oxygen atoms in total. The Bertz CT molecular complexity index is 671. The van der Waals surface area contributed by atoms with Crippen molar-refractivity contribution < 1.29 is 14.0 Å². The average molecular weight is 373 g/mol. The normalized spacial score (nSPS) is 22.0. The molecule has 1 aromatic rings. The molecule has 2 heterocycles. The van der Waals surface area contributed by atoms with Crippen molar-refractivity contribution in [1.82, 2.24) is 4.90 Å². The Morgan fingerprint density at radius 3 is 2.37 bits per heavy atom. The van der Waals surface area contributed by atoms with Crippen LogP contribution in [0, 0.1) is 5.41 Å². The van der Waals surface area contributed by atoms with Crippen molar-refractivity contribution in [2.75, 3.05) is 44.7 Å². The first-order valence-electron chi connectivity index (χ1n) is 9.79. The first-order valence-corrected chi connectivity index (χ1v) is 9.79. The zero-order valence-corrected chi connectivity index (χ0v) is 17.2. The van der Waals surface area contributed by atoms with E-state index in [9.17, 15) is 0 Å². The Morgan fingerprint density at radius 2 is 1.78 bits per heavy atom. The van der Waals surface area contributed by atoms with Gasteiger partial charge in [-0.25, -0.2) is 0 Å². The topological polar surface area (TPSA) is 66.8 Å². The van der Waals surface area contributed by atoms with Gasteiger partial charge in [0.05, 0.1) is 24.4 Å². The SMILES string of the molecule is CC(=N)c1ccc(B2OC(C)(C)C(C)(C)O2)cc1NCCN1CCOCC1. The fourth-order valence-electron chi connectivity index (χ4n) is 3.33. The van der Waals surface area contributed by atoms with E-state index in [1.165, 1.54) is 0 Å². The van der Waals surface area contributed by atoms with Crippen LogP contribution in [0.2, 0.25) is 0 Å². The lowest BCUT2D eigenvalue weighted by molar-refractivity contribution is 0.00578. The summed E-state index contributed by atoms with van der Waals surface area (Å²) in [7, 11) is -0.394. The zero-order chi connectivity index (χ0) is 19.7. The molecule has 0 aliphatic carbocycles. The summed E-state index contributed by atoms with van der Waals surface area (Å²) in [6, 6.07) is 6.05. The molecule has 1 aromatic carbocycles. The van der Waals surface area contributed by atoms with Crippen molar-refractivity contribution >= 4 is 24.0 Å². The second-order valence-electron chi connectivity index (χ2n) is 8.40. The van der Waals surface area contributed by atoms with Gasteiger partial charge < -0.3 is 24.8 Å². The number of nitrogens with one attached hydrogen (secondary N) is 2. The van der Waals surface area contributed by atoms with Gasteiger partial charge >= 0.3 is 7.12 Å². The van der Waals surface area contributed by atoms with Gasteiger partial charge in [0.2, 0.25) is 0 Å². The second-order valence-corrected chi connectivity index (χ2v) is 8.40. The van der Waals surface area contributed by atoms with E-state index in [2.05, 4.69) is 44.0 Å². The van der Waals surface area contributed by atoms with Crippen LogP contribution in [0.25, 0.3) is 0 Å². The van der Waals surface area contributed by atoms with Crippen molar-refractivity contribution in [2.24, 2.45) is 0 Å². The molecule has 2 N–H and O–H groups in total. The number of hydrogen-bond acceptors (Lipinski definition) is 6. The Kier molecular flexibility index (Phi) is 5.96. The molecule has 0 radical (unpaired) electrons. The molecule has 0 unspecified atom stereocenters. The number of benzene rings is 1. The van der Waals surface area contributed by atoms with Crippen molar-refractivity contribution in [3.8, 4) is 0 Å². The maximum atomic E-state index is 8.08. The van der Waals surface area contributed by atoms with Crippen LogP contribution in [-0.4, -0.2) is 68.3 Å². The highest BCUT2D eigenvalue weighted by Crippen LogP contribution is 2.36. The molecule has 0 spiro atoms. The van der Waals surface area contributed by atoms with Gasteiger partial charge in [-0.2, -0.15) is 0 Å². The quantitative estimate of drug-likeness (QED) is 0.591. The largest absolute Gasteiger partial charge is 0.494 e. The molecule has 0 amide bonds. The van der Waals surface area contributed by atoms with Crippen LogP contribution < -0.4 is 10.8 Å². The predicted octanol–water partition coefficient (Wildman–Crippen LogP) is 2.12.